The summed E-state index contributed by atoms with van der Waals surface area (Å²) in [5, 5.41) is 6.95. The van der Waals surface area contributed by atoms with Crippen molar-refractivity contribution in [3.05, 3.63) is 64.8 Å². The molecule has 0 aliphatic carbocycles. The summed E-state index contributed by atoms with van der Waals surface area (Å²) in [5.41, 5.74) is 2.24. The van der Waals surface area contributed by atoms with E-state index in [0.29, 0.717) is 5.75 Å². The van der Waals surface area contributed by atoms with Crippen LogP contribution in [0.4, 0.5) is 4.39 Å². The Balaban J connectivity index is 1.82. The molecule has 0 amide bonds. The van der Waals surface area contributed by atoms with Crippen LogP contribution in [-0.2, 0) is 0 Å². The van der Waals surface area contributed by atoms with Crippen molar-refractivity contribution < 1.29 is 9.13 Å². The Morgan fingerprint density at radius 1 is 1.15 bits per heavy atom. The molecule has 1 saturated heterocycles. The second kappa shape index (κ2) is 7.74. The zero-order valence-corrected chi connectivity index (χ0v) is 15.7. The van der Waals surface area contributed by atoms with Gasteiger partial charge in [0.1, 0.15) is 0 Å². The zero-order chi connectivity index (χ0) is 17.9. The first-order valence-electron chi connectivity index (χ1n) is 9.02. The molecule has 1 fully saturated rings. The Morgan fingerprint density at radius 2 is 2.04 bits per heavy atom. The average Bonchev–Trinajstić information content (AvgIpc) is 2.89. The molecule has 3 nitrogen and oxygen atoms in total. The van der Waals surface area contributed by atoms with E-state index in [1.54, 1.807) is 23.5 Å². The molecule has 1 aliphatic rings. The van der Waals surface area contributed by atoms with Crippen LogP contribution in [-0.4, -0.2) is 38.2 Å². The number of halogens is 1. The van der Waals surface area contributed by atoms with Gasteiger partial charge >= 0.3 is 0 Å². The Morgan fingerprint density at radius 3 is 2.88 bits per heavy atom. The van der Waals surface area contributed by atoms with Crippen LogP contribution >= 0.6 is 11.3 Å². The third-order valence-corrected chi connectivity index (χ3v) is 6.02. The third-order valence-electron chi connectivity index (χ3n) is 5.04. The molecule has 0 bridgehead atoms. The number of nitrogens with zero attached hydrogens (tertiary/aromatic N) is 1. The normalized spacial score (nSPS) is 17.2. The molecule has 0 saturated carbocycles. The van der Waals surface area contributed by atoms with Crippen LogP contribution in [0.1, 0.15) is 23.6 Å². The van der Waals surface area contributed by atoms with E-state index < -0.39 is 0 Å². The van der Waals surface area contributed by atoms with Crippen LogP contribution in [0.2, 0.25) is 0 Å². The minimum atomic E-state index is -0.303. The Kier molecular flexibility index (Phi) is 5.20. The highest BCUT2D eigenvalue weighted by molar-refractivity contribution is 7.17. The predicted octanol–water partition coefficient (Wildman–Crippen LogP) is 4.43. The first-order valence-corrected chi connectivity index (χ1v) is 9.90. The lowest BCUT2D eigenvalue weighted by Gasteiger charge is -2.31. The van der Waals surface area contributed by atoms with Gasteiger partial charge in [0, 0.05) is 24.3 Å². The smallest absolute Gasteiger partial charge is 0.165 e. The standard InChI is InChI=1S/C21H23FN2OS/c1-25-19-8-7-15(13-18(19)22)21(24-11-4-9-23-10-12-24)17-14-26-20-6-3-2-5-16(17)20/h2-3,5-8,13-14,21,23H,4,9-12H2,1H3. The molecule has 3 aromatic rings. The third kappa shape index (κ3) is 3.34. The van der Waals surface area contributed by atoms with Crippen molar-refractivity contribution in [3.8, 4) is 5.75 Å². The van der Waals surface area contributed by atoms with Gasteiger partial charge in [-0.2, -0.15) is 0 Å². The number of ether oxygens (including phenoxy) is 1. The SMILES string of the molecule is COc1ccc(C(c2csc3ccccc23)N2CCCNCC2)cc1F. The number of hydrogen-bond acceptors (Lipinski definition) is 4. The molecule has 26 heavy (non-hydrogen) atoms. The van der Waals surface area contributed by atoms with E-state index in [-0.39, 0.29) is 11.9 Å². The highest BCUT2D eigenvalue weighted by Gasteiger charge is 2.26. The first-order chi connectivity index (χ1) is 12.8. The summed E-state index contributed by atoms with van der Waals surface area (Å²) in [6.45, 7) is 3.93. The molecular weight excluding hydrogens is 347 g/mol. The Labute approximate surface area is 157 Å². The van der Waals surface area contributed by atoms with Crippen molar-refractivity contribution in [1.82, 2.24) is 10.2 Å². The fraction of sp³-hybridized carbons (Fsp3) is 0.333. The summed E-state index contributed by atoms with van der Waals surface area (Å²) in [5.74, 6) is -0.0114. The fourth-order valence-corrected chi connectivity index (χ4v) is 4.75. The van der Waals surface area contributed by atoms with E-state index in [1.807, 2.05) is 6.07 Å². The van der Waals surface area contributed by atoms with Crippen LogP contribution < -0.4 is 10.1 Å². The maximum atomic E-state index is 14.5. The molecule has 1 aromatic heterocycles. The number of thiophene rings is 1. The van der Waals surface area contributed by atoms with Gasteiger partial charge in [-0.25, -0.2) is 4.39 Å². The molecule has 0 spiro atoms. The van der Waals surface area contributed by atoms with Crippen LogP contribution in [0.5, 0.6) is 5.75 Å². The van der Waals surface area contributed by atoms with E-state index in [2.05, 4.69) is 39.9 Å². The lowest BCUT2D eigenvalue weighted by atomic mass is 9.96. The molecule has 0 radical (unpaired) electrons. The number of methoxy groups -OCH3 is 1. The number of nitrogens with one attached hydrogen (secondary N) is 1. The van der Waals surface area contributed by atoms with Crippen LogP contribution in [0, 0.1) is 5.82 Å². The quantitative estimate of drug-likeness (QED) is 0.735. The predicted molar refractivity (Wildman–Crippen MR) is 106 cm³/mol. The fourth-order valence-electron chi connectivity index (χ4n) is 3.77. The summed E-state index contributed by atoms with van der Waals surface area (Å²) >= 11 is 1.76. The minimum Gasteiger partial charge on any atom is -0.494 e. The number of rotatable bonds is 4. The molecule has 136 valence electrons. The van der Waals surface area contributed by atoms with Crippen molar-refractivity contribution >= 4 is 21.4 Å². The lowest BCUT2D eigenvalue weighted by molar-refractivity contribution is 0.242. The Bertz CT molecular complexity index is 887. The molecule has 5 heteroatoms. The van der Waals surface area contributed by atoms with Gasteiger partial charge in [-0.3, -0.25) is 4.90 Å². The molecular formula is C21H23FN2OS. The second-order valence-electron chi connectivity index (χ2n) is 6.62. The van der Waals surface area contributed by atoms with Gasteiger partial charge in [0.25, 0.3) is 0 Å². The van der Waals surface area contributed by atoms with Gasteiger partial charge in [-0.05, 0) is 53.1 Å². The molecule has 4 rings (SSSR count). The van der Waals surface area contributed by atoms with Gasteiger partial charge in [-0.1, -0.05) is 24.3 Å². The summed E-state index contributed by atoms with van der Waals surface area (Å²) in [4.78, 5) is 2.47. The summed E-state index contributed by atoms with van der Waals surface area (Å²) in [6, 6.07) is 13.9. The van der Waals surface area contributed by atoms with Gasteiger partial charge < -0.3 is 10.1 Å². The van der Waals surface area contributed by atoms with Gasteiger partial charge in [0.15, 0.2) is 11.6 Å². The highest BCUT2D eigenvalue weighted by atomic mass is 32.1. The van der Waals surface area contributed by atoms with Crippen LogP contribution in [0.15, 0.2) is 47.8 Å². The van der Waals surface area contributed by atoms with E-state index in [4.69, 9.17) is 4.74 Å². The van der Waals surface area contributed by atoms with Gasteiger partial charge in [0.05, 0.1) is 13.2 Å². The number of hydrogen-bond donors (Lipinski definition) is 1. The largest absolute Gasteiger partial charge is 0.494 e. The zero-order valence-electron chi connectivity index (χ0n) is 14.9. The van der Waals surface area contributed by atoms with Crippen molar-refractivity contribution in [2.24, 2.45) is 0 Å². The summed E-state index contributed by atoms with van der Waals surface area (Å²) < 4.78 is 20.8. The Hall–Kier alpha value is -1.95. The summed E-state index contributed by atoms with van der Waals surface area (Å²) in [6.07, 6.45) is 1.09. The van der Waals surface area contributed by atoms with E-state index >= 15 is 0 Å². The van der Waals surface area contributed by atoms with Gasteiger partial charge in [0.2, 0.25) is 0 Å². The molecule has 1 aliphatic heterocycles. The second-order valence-corrected chi connectivity index (χ2v) is 7.53. The van der Waals surface area contributed by atoms with Crippen molar-refractivity contribution in [1.29, 1.82) is 0 Å². The maximum Gasteiger partial charge on any atom is 0.165 e. The van der Waals surface area contributed by atoms with Crippen LogP contribution in [0.25, 0.3) is 10.1 Å². The molecule has 1 N–H and O–H groups in total. The van der Waals surface area contributed by atoms with Crippen molar-refractivity contribution in [2.75, 3.05) is 33.3 Å². The van der Waals surface area contributed by atoms with Crippen LogP contribution in [0.3, 0.4) is 0 Å². The highest BCUT2D eigenvalue weighted by Crippen LogP contribution is 2.38. The molecule has 1 unspecified atom stereocenters. The minimum absolute atomic E-state index is 0.0476. The van der Waals surface area contributed by atoms with Gasteiger partial charge in [-0.15, -0.1) is 11.3 Å². The van der Waals surface area contributed by atoms with E-state index in [1.165, 1.54) is 22.8 Å². The topological polar surface area (TPSA) is 24.5 Å². The maximum absolute atomic E-state index is 14.5. The lowest BCUT2D eigenvalue weighted by Crippen LogP contribution is -2.33. The monoisotopic (exact) mass is 370 g/mol. The van der Waals surface area contributed by atoms with Crippen molar-refractivity contribution in [2.45, 2.75) is 12.5 Å². The summed E-state index contributed by atoms with van der Waals surface area (Å²) in [7, 11) is 1.50. The molecule has 1 atom stereocenters. The molecule has 2 aromatic carbocycles. The number of fused-ring (bicyclic) bond motifs is 1. The average molecular weight is 370 g/mol. The van der Waals surface area contributed by atoms with E-state index in [9.17, 15) is 4.39 Å². The first kappa shape index (κ1) is 17.5. The van der Waals surface area contributed by atoms with E-state index in [0.717, 1.165) is 38.2 Å². The molecule has 2 heterocycles. The van der Waals surface area contributed by atoms with Crippen molar-refractivity contribution in [3.63, 3.8) is 0 Å². The number of benzene rings is 2.